The van der Waals surface area contributed by atoms with Crippen molar-refractivity contribution < 1.29 is 4.79 Å². The average Bonchev–Trinajstić information content (AvgIpc) is 3.16. The van der Waals surface area contributed by atoms with Gasteiger partial charge in [-0.2, -0.15) is 0 Å². The van der Waals surface area contributed by atoms with E-state index in [0.29, 0.717) is 18.9 Å². The molecule has 0 aromatic heterocycles. The van der Waals surface area contributed by atoms with E-state index in [1.165, 1.54) is 12.8 Å². The zero-order valence-electron chi connectivity index (χ0n) is 11.2. The minimum atomic E-state index is 0.147. The van der Waals surface area contributed by atoms with Gasteiger partial charge in [0, 0.05) is 25.6 Å². The molecule has 100 valence electrons. The van der Waals surface area contributed by atoms with Crippen LogP contribution in [0.5, 0.6) is 0 Å². The predicted molar refractivity (Wildman–Crippen MR) is 70.7 cm³/mol. The van der Waals surface area contributed by atoms with Gasteiger partial charge in [0.1, 0.15) is 0 Å². The number of hydrogen-bond donors (Lipinski definition) is 2. The third-order valence-electron chi connectivity index (χ3n) is 3.58. The Hall–Kier alpha value is -0.610. The Kier molecular flexibility index (Phi) is 6.52. The van der Waals surface area contributed by atoms with Gasteiger partial charge in [-0.05, 0) is 31.8 Å². The van der Waals surface area contributed by atoms with Gasteiger partial charge in [0.05, 0.1) is 0 Å². The van der Waals surface area contributed by atoms with E-state index in [4.69, 9.17) is 5.73 Å². The molecule has 1 fully saturated rings. The van der Waals surface area contributed by atoms with Gasteiger partial charge in [0.25, 0.3) is 0 Å². The van der Waals surface area contributed by atoms with Crippen LogP contribution in [-0.2, 0) is 4.79 Å². The molecule has 1 aliphatic rings. The van der Waals surface area contributed by atoms with Gasteiger partial charge < -0.3 is 11.1 Å². The monoisotopic (exact) mass is 241 g/mol. The fourth-order valence-electron chi connectivity index (χ4n) is 2.11. The summed E-state index contributed by atoms with van der Waals surface area (Å²) in [5, 5.41) is 2.99. The normalized spacial score (nSPS) is 17.2. The van der Waals surface area contributed by atoms with Crippen molar-refractivity contribution in [3.05, 3.63) is 0 Å². The van der Waals surface area contributed by atoms with Crippen LogP contribution in [0.15, 0.2) is 0 Å². The second kappa shape index (κ2) is 7.67. The van der Waals surface area contributed by atoms with Gasteiger partial charge in [-0.1, -0.05) is 20.3 Å². The summed E-state index contributed by atoms with van der Waals surface area (Å²) in [5.74, 6) is 0.481. The van der Waals surface area contributed by atoms with Crippen molar-refractivity contribution in [2.75, 3.05) is 26.2 Å². The maximum atomic E-state index is 11.6. The average molecular weight is 241 g/mol. The second-order valence-corrected chi connectivity index (χ2v) is 4.92. The van der Waals surface area contributed by atoms with Crippen LogP contribution in [0.25, 0.3) is 0 Å². The standard InChI is InChI=1S/C13H27N3O/c1-3-11(10-14)9-13(17)15-7-8-16(4-2)12-5-6-12/h11-12H,3-10,14H2,1-2H3,(H,15,17). The zero-order valence-corrected chi connectivity index (χ0v) is 11.2. The number of carbonyl (C=O) groups excluding carboxylic acids is 1. The molecule has 1 atom stereocenters. The molecule has 0 aromatic carbocycles. The fourth-order valence-corrected chi connectivity index (χ4v) is 2.11. The van der Waals surface area contributed by atoms with E-state index in [1.54, 1.807) is 0 Å². The Balaban J connectivity index is 2.10. The van der Waals surface area contributed by atoms with Gasteiger partial charge in [-0.3, -0.25) is 9.69 Å². The van der Waals surface area contributed by atoms with Crippen molar-refractivity contribution >= 4 is 5.91 Å². The third kappa shape index (κ3) is 5.50. The molecule has 1 saturated carbocycles. The minimum Gasteiger partial charge on any atom is -0.355 e. The Labute approximate surface area is 105 Å². The van der Waals surface area contributed by atoms with Crippen molar-refractivity contribution in [1.82, 2.24) is 10.2 Å². The van der Waals surface area contributed by atoms with Gasteiger partial charge in [-0.25, -0.2) is 0 Å². The summed E-state index contributed by atoms with van der Waals surface area (Å²) in [6.45, 7) is 7.70. The minimum absolute atomic E-state index is 0.147. The summed E-state index contributed by atoms with van der Waals surface area (Å²) in [7, 11) is 0. The summed E-state index contributed by atoms with van der Waals surface area (Å²) >= 11 is 0. The van der Waals surface area contributed by atoms with Crippen molar-refractivity contribution in [3.63, 3.8) is 0 Å². The lowest BCUT2D eigenvalue weighted by Gasteiger charge is -2.20. The van der Waals surface area contributed by atoms with E-state index >= 15 is 0 Å². The molecule has 0 heterocycles. The smallest absolute Gasteiger partial charge is 0.220 e. The van der Waals surface area contributed by atoms with Crippen LogP contribution in [0, 0.1) is 5.92 Å². The first-order valence-corrected chi connectivity index (χ1v) is 6.92. The highest BCUT2D eigenvalue weighted by atomic mass is 16.1. The number of nitrogens with two attached hydrogens (primary N) is 1. The molecule has 3 N–H and O–H groups in total. The summed E-state index contributed by atoms with van der Waals surface area (Å²) in [6, 6.07) is 0.782. The first-order valence-electron chi connectivity index (χ1n) is 6.92. The highest BCUT2D eigenvalue weighted by molar-refractivity contribution is 5.76. The first-order chi connectivity index (χ1) is 8.21. The van der Waals surface area contributed by atoms with Crippen LogP contribution in [0.1, 0.15) is 39.5 Å². The molecule has 1 unspecified atom stereocenters. The van der Waals surface area contributed by atoms with E-state index in [2.05, 4.69) is 24.1 Å². The molecule has 1 aliphatic carbocycles. The van der Waals surface area contributed by atoms with Crippen LogP contribution in [0.3, 0.4) is 0 Å². The number of nitrogens with one attached hydrogen (secondary N) is 1. The highest BCUT2D eigenvalue weighted by Crippen LogP contribution is 2.25. The van der Waals surface area contributed by atoms with E-state index in [-0.39, 0.29) is 5.91 Å². The quantitative estimate of drug-likeness (QED) is 0.632. The highest BCUT2D eigenvalue weighted by Gasteiger charge is 2.27. The molecular formula is C13H27N3O. The number of rotatable bonds is 9. The summed E-state index contributed by atoms with van der Waals surface area (Å²) in [6.07, 6.45) is 4.20. The molecule has 4 nitrogen and oxygen atoms in total. The van der Waals surface area contributed by atoms with Crippen LogP contribution in [0.2, 0.25) is 0 Å². The molecule has 0 spiro atoms. The fraction of sp³-hybridized carbons (Fsp3) is 0.923. The molecule has 0 aliphatic heterocycles. The maximum Gasteiger partial charge on any atom is 0.220 e. The Morgan fingerprint density at radius 3 is 2.65 bits per heavy atom. The van der Waals surface area contributed by atoms with Crippen molar-refractivity contribution in [1.29, 1.82) is 0 Å². The van der Waals surface area contributed by atoms with Crippen LogP contribution < -0.4 is 11.1 Å². The van der Waals surface area contributed by atoms with Gasteiger partial charge >= 0.3 is 0 Å². The molecule has 0 saturated heterocycles. The number of likely N-dealkylation sites (N-methyl/N-ethyl adjacent to an activating group) is 1. The molecule has 4 heteroatoms. The summed E-state index contributed by atoms with van der Waals surface area (Å²) in [5.41, 5.74) is 5.59. The largest absolute Gasteiger partial charge is 0.355 e. The summed E-state index contributed by atoms with van der Waals surface area (Å²) in [4.78, 5) is 14.1. The van der Waals surface area contributed by atoms with Crippen LogP contribution >= 0.6 is 0 Å². The summed E-state index contributed by atoms with van der Waals surface area (Å²) < 4.78 is 0. The lowest BCUT2D eigenvalue weighted by Crippen LogP contribution is -2.37. The lowest BCUT2D eigenvalue weighted by atomic mass is 10.0. The maximum absolute atomic E-state index is 11.6. The topological polar surface area (TPSA) is 58.4 Å². The van der Waals surface area contributed by atoms with Gasteiger partial charge in [0.2, 0.25) is 5.91 Å². The van der Waals surface area contributed by atoms with Crippen molar-refractivity contribution in [2.45, 2.75) is 45.6 Å². The number of hydrogen-bond acceptors (Lipinski definition) is 3. The molecule has 1 rings (SSSR count). The number of carbonyl (C=O) groups is 1. The SMILES string of the molecule is CCC(CN)CC(=O)NCCN(CC)C1CC1. The zero-order chi connectivity index (χ0) is 12.7. The van der Waals surface area contributed by atoms with Gasteiger partial charge in [-0.15, -0.1) is 0 Å². The Bertz CT molecular complexity index is 225. The lowest BCUT2D eigenvalue weighted by molar-refractivity contribution is -0.122. The van der Waals surface area contributed by atoms with Gasteiger partial charge in [0.15, 0.2) is 0 Å². The van der Waals surface area contributed by atoms with E-state index in [1.807, 2.05) is 0 Å². The van der Waals surface area contributed by atoms with Crippen molar-refractivity contribution in [2.24, 2.45) is 11.7 Å². The Morgan fingerprint density at radius 2 is 2.18 bits per heavy atom. The number of nitrogens with zero attached hydrogens (tertiary/aromatic N) is 1. The first kappa shape index (κ1) is 14.5. The molecule has 0 bridgehead atoms. The molecular weight excluding hydrogens is 214 g/mol. The molecule has 17 heavy (non-hydrogen) atoms. The van der Waals surface area contributed by atoms with E-state index in [9.17, 15) is 4.79 Å². The van der Waals surface area contributed by atoms with E-state index < -0.39 is 0 Å². The Morgan fingerprint density at radius 1 is 1.47 bits per heavy atom. The number of amides is 1. The third-order valence-corrected chi connectivity index (χ3v) is 3.58. The van der Waals surface area contributed by atoms with Crippen LogP contribution in [-0.4, -0.2) is 43.0 Å². The molecule has 0 aromatic rings. The van der Waals surface area contributed by atoms with Crippen LogP contribution in [0.4, 0.5) is 0 Å². The second-order valence-electron chi connectivity index (χ2n) is 4.92. The van der Waals surface area contributed by atoms with E-state index in [0.717, 1.165) is 32.1 Å². The predicted octanol–water partition coefficient (Wildman–Crippen LogP) is 0.962. The molecule has 0 radical (unpaired) electrons. The molecule has 1 amide bonds. The van der Waals surface area contributed by atoms with Crippen molar-refractivity contribution in [3.8, 4) is 0 Å².